The number of hydrogen-bond donors (Lipinski definition) is 2. The first-order valence-corrected chi connectivity index (χ1v) is 11.3. The Bertz CT molecular complexity index is 719. The Hall–Kier alpha value is -2.30. The van der Waals surface area contributed by atoms with Crippen LogP contribution in [-0.4, -0.2) is 84.7 Å². The number of esters is 1. The topological polar surface area (TPSA) is 114 Å². The van der Waals surface area contributed by atoms with Crippen LogP contribution in [0.1, 0.15) is 18.9 Å². The van der Waals surface area contributed by atoms with Gasteiger partial charge in [0.2, 0.25) is 5.91 Å². The number of carbonyl (C=O) groups is 3. The Kier molecular flexibility index (Phi) is 10.6. The zero-order valence-electron chi connectivity index (χ0n) is 17.8. The van der Waals surface area contributed by atoms with Crippen molar-refractivity contribution in [1.29, 1.82) is 0 Å². The van der Waals surface area contributed by atoms with Gasteiger partial charge in [0.15, 0.2) is 6.23 Å². The third kappa shape index (κ3) is 8.39. The average molecular weight is 455 g/mol. The third-order valence-electron chi connectivity index (χ3n) is 4.81. The molecule has 9 nitrogen and oxygen atoms in total. The molecule has 0 spiro atoms. The Morgan fingerprint density at radius 1 is 1.26 bits per heavy atom. The molecule has 1 aromatic rings. The highest BCUT2D eigenvalue weighted by Crippen LogP contribution is 2.19. The van der Waals surface area contributed by atoms with Gasteiger partial charge < -0.3 is 24.2 Å². The van der Waals surface area contributed by atoms with E-state index >= 15 is 0 Å². The molecule has 2 unspecified atom stereocenters. The standard InChI is InChI=1S/C21H30N2O7S/c1-15(19(24)23-10-13-31-14-18(23)30-21(26)27)22-17(20(25)29-12-11-28-2)9-8-16-6-4-3-5-7-16/h3-7,15,17-18,22H,8-14H2,1-2H3,(H,26,27)/t15-,17?,18?/m0/s1. The monoisotopic (exact) mass is 454 g/mol. The maximum absolute atomic E-state index is 13.0. The van der Waals surface area contributed by atoms with E-state index in [1.165, 1.54) is 23.8 Å². The van der Waals surface area contributed by atoms with Gasteiger partial charge in [-0.1, -0.05) is 30.3 Å². The minimum atomic E-state index is -1.42. The number of benzene rings is 1. The second-order valence-electron chi connectivity index (χ2n) is 7.07. The fraction of sp³-hybridized carbons (Fsp3) is 0.571. The van der Waals surface area contributed by atoms with Gasteiger partial charge in [-0.3, -0.25) is 14.9 Å². The fourth-order valence-corrected chi connectivity index (χ4v) is 4.16. The first kappa shape index (κ1) is 25.0. The number of hydrogen-bond acceptors (Lipinski definition) is 8. The minimum Gasteiger partial charge on any atom is -0.462 e. The highest BCUT2D eigenvalue weighted by Gasteiger charge is 2.34. The Labute approximate surface area is 186 Å². The summed E-state index contributed by atoms with van der Waals surface area (Å²) in [5, 5.41) is 12.0. The molecular formula is C21H30N2O7S. The third-order valence-corrected chi connectivity index (χ3v) is 5.80. The van der Waals surface area contributed by atoms with Crippen LogP contribution < -0.4 is 5.32 Å². The van der Waals surface area contributed by atoms with Gasteiger partial charge in [0.05, 0.1) is 18.4 Å². The summed E-state index contributed by atoms with van der Waals surface area (Å²) in [7, 11) is 1.52. The van der Waals surface area contributed by atoms with Crippen molar-refractivity contribution >= 4 is 29.8 Å². The van der Waals surface area contributed by atoms with Crippen LogP contribution in [-0.2, 0) is 30.2 Å². The maximum Gasteiger partial charge on any atom is 0.507 e. The number of amides is 1. The van der Waals surface area contributed by atoms with Crippen LogP contribution in [0.4, 0.5) is 4.79 Å². The van der Waals surface area contributed by atoms with Gasteiger partial charge in [0, 0.05) is 19.4 Å². The van der Waals surface area contributed by atoms with Crippen molar-refractivity contribution in [2.45, 2.75) is 38.1 Å². The molecule has 10 heteroatoms. The summed E-state index contributed by atoms with van der Waals surface area (Å²) in [5.74, 6) is 0.288. The van der Waals surface area contributed by atoms with Crippen molar-refractivity contribution in [3.63, 3.8) is 0 Å². The summed E-state index contributed by atoms with van der Waals surface area (Å²) in [6.45, 7) is 2.44. The largest absolute Gasteiger partial charge is 0.507 e. The second-order valence-corrected chi connectivity index (χ2v) is 8.22. The molecule has 0 saturated carbocycles. The highest BCUT2D eigenvalue weighted by molar-refractivity contribution is 7.99. The van der Waals surface area contributed by atoms with E-state index in [1.54, 1.807) is 6.92 Å². The summed E-state index contributed by atoms with van der Waals surface area (Å²) >= 11 is 1.53. The predicted molar refractivity (Wildman–Crippen MR) is 116 cm³/mol. The van der Waals surface area contributed by atoms with Gasteiger partial charge in [-0.15, -0.1) is 0 Å². The summed E-state index contributed by atoms with van der Waals surface area (Å²) < 4.78 is 15.1. The second kappa shape index (κ2) is 13.2. The molecule has 2 rings (SSSR count). The van der Waals surface area contributed by atoms with Crippen molar-refractivity contribution in [3.8, 4) is 0 Å². The lowest BCUT2D eigenvalue weighted by Gasteiger charge is -2.36. The molecule has 0 aliphatic carbocycles. The predicted octanol–water partition coefficient (Wildman–Crippen LogP) is 1.75. The number of carbonyl (C=O) groups excluding carboxylic acids is 2. The summed E-state index contributed by atoms with van der Waals surface area (Å²) in [4.78, 5) is 38.0. The fourth-order valence-electron chi connectivity index (χ4n) is 3.22. The molecule has 0 bridgehead atoms. The number of rotatable bonds is 11. The number of ether oxygens (including phenoxy) is 3. The summed E-state index contributed by atoms with van der Waals surface area (Å²) in [5.41, 5.74) is 1.07. The van der Waals surface area contributed by atoms with E-state index in [2.05, 4.69) is 5.32 Å². The number of nitrogens with one attached hydrogen (secondary N) is 1. The van der Waals surface area contributed by atoms with E-state index in [-0.39, 0.29) is 19.1 Å². The minimum absolute atomic E-state index is 0.124. The lowest BCUT2D eigenvalue weighted by Crippen LogP contribution is -2.56. The normalized spacial score (nSPS) is 18.1. The van der Waals surface area contributed by atoms with Gasteiger partial charge >= 0.3 is 12.1 Å². The Morgan fingerprint density at radius 2 is 2.00 bits per heavy atom. The molecule has 3 atom stereocenters. The number of carboxylic acid groups (broad SMARTS) is 1. The first-order chi connectivity index (χ1) is 14.9. The van der Waals surface area contributed by atoms with E-state index in [4.69, 9.17) is 19.3 Å². The molecule has 1 saturated heterocycles. The van der Waals surface area contributed by atoms with E-state index < -0.39 is 30.4 Å². The lowest BCUT2D eigenvalue weighted by atomic mass is 10.0. The molecule has 1 amide bonds. The van der Waals surface area contributed by atoms with Gasteiger partial charge in [-0.05, 0) is 25.3 Å². The lowest BCUT2D eigenvalue weighted by molar-refractivity contribution is -0.149. The molecule has 1 aromatic carbocycles. The average Bonchev–Trinajstić information content (AvgIpc) is 2.76. The molecule has 1 heterocycles. The van der Waals surface area contributed by atoms with Gasteiger partial charge in [-0.2, -0.15) is 11.8 Å². The van der Waals surface area contributed by atoms with Crippen molar-refractivity contribution in [2.24, 2.45) is 0 Å². The van der Waals surface area contributed by atoms with Crippen LogP contribution in [0.5, 0.6) is 0 Å². The molecular weight excluding hydrogens is 424 g/mol. The molecule has 1 fully saturated rings. The maximum atomic E-state index is 13.0. The van der Waals surface area contributed by atoms with Gasteiger partial charge in [0.25, 0.3) is 0 Å². The summed E-state index contributed by atoms with van der Waals surface area (Å²) in [6, 6.07) is 8.30. The zero-order valence-corrected chi connectivity index (χ0v) is 18.6. The van der Waals surface area contributed by atoms with Crippen molar-refractivity contribution in [2.75, 3.05) is 38.4 Å². The van der Waals surface area contributed by atoms with Crippen molar-refractivity contribution < 1.29 is 33.7 Å². The quantitative estimate of drug-likeness (QED) is 0.381. The van der Waals surface area contributed by atoms with Crippen LogP contribution in [0.15, 0.2) is 30.3 Å². The number of nitrogens with zero attached hydrogens (tertiary/aromatic N) is 1. The Morgan fingerprint density at radius 3 is 2.68 bits per heavy atom. The van der Waals surface area contributed by atoms with E-state index in [0.29, 0.717) is 30.9 Å². The van der Waals surface area contributed by atoms with E-state index in [1.807, 2.05) is 30.3 Å². The highest BCUT2D eigenvalue weighted by atomic mass is 32.2. The van der Waals surface area contributed by atoms with Gasteiger partial charge in [0.1, 0.15) is 12.6 Å². The van der Waals surface area contributed by atoms with E-state index in [0.717, 1.165) is 5.56 Å². The molecule has 172 valence electrons. The van der Waals surface area contributed by atoms with Gasteiger partial charge in [-0.25, -0.2) is 4.79 Å². The molecule has 1 aliphatic rings. The summed E-state index contributed by atoms with van der Waals surface area (Å²) in [6.07, 6.45) is -1.19. The SMILES string of the molecule is COCCOC(=O)C(CCc1ccccc1)N[C@@H](C)C(=O)N1CCSCC1OC(=O)O. The number of thioether (sulfide) groups is 1. The molecule has 2 N–H and O–H groups in total. The van der Waals surface area contributed by atoms with Crippen molar-refractivity contribution in [3.05, 3.63) is 35.9 Å². The van der Waals surface area contributed by atoms with Crippen LogP contribution >= 0.6 is 11.8 Å². The van der Waals surface area contributed by atoms with Crippen LogP contribution in [0, 0.1) is 0 Å². The Balaban J connectivity index is 2.03. The molecule has 31 heavy (non-hydrogen) atoms. The van der Waals surface area contributed by atoms with E-state index in [9.17, 15) is 14.4 Å². The molecule has 0 radical (unpaired) electrons. The first-order valence-electron chi connectivity index (χ1n) is 10.2. The molecule has 1 aliphatic heterocycles. The smallest absolute Gasteiger partial charge is 0.462 e. The molecule has 0 aromatic heterocycles. The van der Waals surface area contributed by atoms with Crippen LogP contribution in [0.3, 0.4) is 0 Å². The van der Waals surface area contributed by atoms with Crippen molar-refractivity contribution in [1.82, 2.24) is 10.2 Å². The van der Waals surface area contributed by atoms with Crippen LogP contribution in [0.25, 0.3) is 0 Å². The number of methoxy groups -OCH3 is 1. The van der Waals surface area contributed by atoms with Crippen LogP contribution in [0.2, 0.25) is 0 Å². The zero-order chi connectivity index (χ0) is 22.6. The number of aryl methyl sites for hydroxylation is 1.